The lowest BCUT2D eigenvalue weighted by Crippen LogP contribution is -2.42. The number of ether oxygens (including phenoxy) is 2. The molecule has 4 nitrogen and oxygen atoms in total. The van der Waals surface area contributed by atoms with E-state index in [0.717, 1.165) is 31.5 Å². The molecular weight excluding hydrogens is 325 g/mol. The van der Waals surface area contributed by atoms with Crippen molar-refractivity contribution >= 4 is 29.1 Å². The van der Waals surface area contributed by atoms with Crippen molar-refractivity contribution < 1.29 is 14.3 Å². The lowest BCUT2D eigenvalue weighted by molar-refractivity contribution is -0.136. The van der Waals surface area contributed by atoms with E-state index in [9.17, 15) is 4.79 Å². The van der Waals surface area contributed by atoms with Crippen LogP contribution in [0.25, 0.3) is 0 Å². The van der Waals surface area contributed by atoms with Crippen molar-refractivity contribution in [1.29, 1.82) is 0 Å². The number of hydrogen-bond donors (Lipinski definition) is 0. The maximum absolute atomic E-state index is 12.4. The van der Waals surface area contributed by atoms with Gasteiger partial charge in [-0.3, -0.25) is 4.79 Å². The highest BCUT2D eigenvalue weighted by Crippen LogP contribution is 2.27. The maximum atomic E-state index is 12.4. The number of benzene rings is 1. The zero-order valence-corrected chi connectivity index (χ0v) is 13.8. The maximum Gasteiger partial charge on any atom is 0.226 e. The molecule has 0 bridgehead atoms. The molecule has 1 aromatic rings. The summed E-state index contributed by atoms with van der Waals surface area (Å²) in [5.74, 6) is 0.529. The van der Waals surface area contributed by atoms with Gasteiger partial charge in [-0.1, -0.05) is 29.3 Å². The molecule has 0 N–H and O–H groups in total. The predicted octanol–water partition coefficient (Wildman–Crippen LogP) is 3.15. The normalized spacial score (nSPS) is 20.5. The number of hydrogen-bond acceptors (Lipinski definition) is 3. The summed E-state index contributed by atoms with van der Waals surface area (Å²) in [7, 11) is 0. The van der Waals surface area contributed by atoms with Gasteiger partial charge in [0.15, 0.2) is 6.29 Å². The van der Waals surface area contributed by atoms with Crippen LogP contribution in [0.15, 0.2) is 18.2 Å². The summed E-state index contributed by atoms with van der Waals surface area (Å²) in [6.07, 6.45) is 2.14. The van der Waals surface area contributed by atoms with Gasteiger partial charge in [0, 0.05) is 19.0 Å². The molecule has 1 aromatic carbocycles. The van der Waals surface area contributed by atoms with Crippen molar-refractivity contribution in [2.75, 3.05) is 26.3 Å². The molecule has 6 heteroatoms. The van der Waals surface area contributed by atoms with Crippen molar-refractivity contribution in [2.24, 2.45) is 5.92 Å². The van der Waals surface area contributed by atoms with Crippen LogP contribution in [0.5, 0.6) is 0 Å². The summed E-state index contributed by atoms with van der Waals surface area (Å²) in [6, 6.07) is 5.33. The second-order valence-electron chi connectivity index (χ2n) is 5.75. The molecule has 0 spiro atoms. The van der Waals surface area contributed by atoms with Gasteiger partial charge >= 0.3 is 0 Å². The molecule has 0 saturated carbocycles. The number of carbonyl (C=O) groups is 1. The van der Waals surface area contributed by atoms with E-state index in [1.807, 2.05) is 11.0 Å². The first-order valence-electron chi connectivity index (χ1n) is 7.58. The van der Waals surface area contributed by atoms with Gasteiger partial charge < -0.3 is 14.4 Å². The number of amides is 1. The van der Waals surface area contributed by atoms with Gasteiger partial charge in [-0.2, -0.15) is 0 Å². The Balaban J connectivity index is 1.52. The number of carbonyl (C=O) groups excluding carboxylic acids is 1. The molecule has 0 aliphatic carbocycles. The molecule has 2 heterocycles. The lowest BCUT2D eigenvalue weighted by atomic mass is 9.95. The largest absolute Gasteiger partial charge is 0.350 e. The first-order valence-corrected chi connectivity index (χ1v) is 8.34. The van der Waals surface area contributed by atoms with Crippen LogP contribution in [0.4, 0.5) is 0 Å². The van der Waals surface area contributed by atoms with Crippen molar-refractivity contribution in [3.63, 3.8) is 0 Å². The van der Waals surface area contributed by atoms with Gasteiger partial charge in [0.2, 0.25) is 5.91 Å². The van der Waals surface area contributed by atoms with E-state index in [-0.39, 0.29) is 12.2 Å². The monoisotopic (exact) mass is 343 g/mol. The van der Waals surface area contributed by atoms with Crippen LogP contribution in [-0.4, -0.2) is 43.4 Å². The highest BCUT2D eigenvalue weighted by atomic mass is 35.5. The van der Waals surface area contributed by atoms with E-state index in [1.54, 1.807) is 12.1 Å². The smallest absolute Gasteiger partial charge is 0.226 e. The molecule has 0 aromatic heterocycles. The van der Waals surface area contributed by atoms with Crippen molar-refractivity contribution in [2.45, 2.75) is 25.6 Å². The van der Waals surface area contributed by atoms with Gasteiger partial charge in [-0.05, 0) is 30.5 Å². The Morgan fingerprint density at radius 2 is 1.82 bits per heavy atom. The third-order valence-corrected chi connectivity index (χ3v) is 5.00. The first-order chi connectivity index (χ1) is 10.6. The quantitative estimate of drug-likeness (QED) is 0.846. The SMILES string of the molecule is O=C(Cc1ccc(Cl)c(Cl)c1)N1CCC(C2OCCO2)CC1. The molecule has 0 unspecified atom stereocenters. The average Bonchev–Trinajstić information content (AvgIpc) is 3.05. The minimum Gasteiger partial charge on any atom is -0.350 e. The summed E-state index contributed by atoms with van der Waals surface area (Å²) in [5.41, 5.74) is 0.893. The molecule has 2 fully saturated rings. The molecule has 0 radical (unpaired) electrons. The Morgan fingerprint density at radius 3 is 2.45 bits per heavy atom. The summed E-state index contributed by atoms with van der Waals surface area (Å²) < 4.78 is 11.1. The summed E-state index contributed by atoms with van der Waals surface area (Å²) in [4.78, 5) is 14.3. The lowest BCUT2D eigenvalue weighted by Gasteiger charge is -2.34. The third-order valence-electron chi connectivity index (χ3n) is 4.26. The topological polar surface area (TPSA) is 38.8 Å². The fraction of sp³-hybridized carbons (Fsp3) is 0.562. The second kappa shape index (κ2) is 7.18. The third kappa shape index (κ3) is 3.74. The molecule has 120 valence electrons. The van der Waals surface area contributed by atoms with Gasteiger partial charge in [0.1, 0.15) is 0 Å². The van der Waals surface area contributed by atoms with Crippen LogP contribution in [-0.2, 0) is 20.7 Å². The first kappa shape index (κ1) is 16.1. The fourth-order valence-electron chi connectivity index (χ4n) is 3.01. The number of rotatable bonds is 3. The number of likely N-dealkylation sites (tertiary alicyclic amines) is 1. The molecule has 2 saturated heterocycles. The van der Waals surface area contributed by atoms with Crippen LogP contribution in [0, 0.1) is 5.92 Å². The standard InChI is InChI=1S/C16H19Cl2NO3/c17-13-2-1-11(9-14(13)18)10-15(20)19-5-3-12(4-6-19)16-21-7-8-22-16/h1-2,9,12,16H,3-8,10H2. The molecule has 3 rings (SSSR count). The van der Waals surface area contributed by atoms with Gasteiger partial charge in [0.05, 0.1) is 29.7 Å². The van der Waals surface area contributed by atoms with Crippen molar-refractivity contribution in [3.05, 3.63) is 33.8 Å². The molecule has 0 atom stereocenters. The summed E-state index contributed by atoms with van der Waals surface area (Å²) in [5, 5.41) is 0.997. The van der Waals surface area contributed by atoms with Crippen molar-refractivity contribution in [1.82, 2.24) is 4.90 Å². The highest BCUT2D eigenvalue weighted by Gasteiger charge is 2.31. The van der Waals surface area contributed by atoms with Crippen LogP contribution in [0.2, 0.25) is 10.0 Å². The number of halogens is 2. The molecule has 2 aliphatic heterocycles. The Hall–Kier alpha value is -0.810. The molecule has 22 heavy (non-hydrogen) atoms. The fourth-order valence-corrected chi connectivity index (χ4v) is 3.33. The molecular formula is C16H19Cl2NO3. The molecule has 2 aliphatic rings. The minimum absolute atomic E-state index is 0.0766. The summed E-state index contributed by atoms with van der Waals surface area (Å²) >= 11 is 11.9. The van der Waals surface area contributed by atoms with Gasteiger partial charge in [-0.15, -0.1) is 0 Å². The second-order valence-corrected chi connectivity index (χ2v) is 6.57. The minimum atomic E-state index is -0.0766. The van der Waals surface area contributed by atoms with Crippen LogP contribution >= 0.6 is 23.2 Å². The Labute approximate surface area is 140 Å². The number of nitrogens with zero attached hydrogens (tertiary/aromatic N) is 1. The van der Waals surface area contributed by atoms with Crippen LogP contribution < -0.4 is 0 Å². The van der Waals surface area contributed by atoms with Crippen molar-refractivity contribution in [3.8, 4) is 0 Å². The Kier molecular flexibility index (Phi) is 5.24. The van der Waals surface area contributed by atoms with E-state index in [2.05, 4.69) is 0 Å². The average molecular weight is 344 g/mol. The van der Waals surface area contributed by atoms with E-state index >= 15 is 0 Å². The van der Waals surface area contributed by atoms with Crippen LogP contribution in [0.1, 0.15) is 18.4 Å². The summed E-state index contributed by atoms with van der Waals surface area (Å²) in [6.45, 7) is 2.88. The Bertz CT molecular complexity index is 538. The van der Waals surface area contributed by atoms with Gasteiger partial charge in [0.25, 0.3) is 0 Å². The Morgan fingerprint density at radius 1 is 1.14 bits per heavy atom. The number of piperidine rings is 1. The zero-order chi connectivity index (χ0) is 15.5. The van der Waals surface area contributed by atoms with Crippen LogP contribution in [0.3, 0.4) is 0 Å². The van der Waals surface area contributed by atoms with E-state index in [0.29, 0.717) is 35.6 Å². The van der Waals surface area contributed by atoms with Gasteiger partial charge in [-0.25, -0.2) is 0 Å². The van der Waals surface area contributed by atoms with E-state index in [1.165, 1.54) is 0 Å². The zero-order valence-electron chi connectivity index (χ0n) is 12.3. The van der Waals surface area contributed by atoms with E-state index < -0.39 is 0 Å². The van der Waals surface area contributed by atoms with E-state index in [4.69, 9.17) is 32.7 Å². The molecule has 1 amide bonds. The predicted molar refractivity (Wildman–Crippen MR) is 85.2 cm³/mol. The highest BCUT2D eigenvalue weighted by molar-refractivity contribution is 6.42.